The molecule has 0 amide bonds. The van der Waals surface area contributed by atoms with Gasteiger partial charge in [-0.15, -0.1) is 21.5 Å². The second-order valence-electron chi connectivity index (χ2n) is 5.30. The molecule has 0 unspecified atom stereocenters. The molecule has 0 fully saturated rings. The molecule has 24 heavy (non-hydrogen) atoms. The maximum absolute atomic E-state index is 14.0. The first-order valence-corrected chi connectivity index (χ1v) is 8.41. The number of nitrogens with zero attached hydrogens (tertiary/aromatic N) is 3. The third-order valence-corrected chi connectivity index (χ3v) is 5.02. The molecule has 5 nitrogen and oxygen atoms in total. The standard InChI is InChI=1S/C17H17FN4OS/c1-3-11-8-13(16(23)12-6-4-5-7-14(12)18)17(24-11)22-10(2)20-21-15(22)9-19/h4-8H,3,9,19H2,1-2H3. The van der Waals surface area contributed by atoms with E-state index in [1.54, 1.807) is 23.6 Å². The van der Waals surface area contributed by atoms with Crippen LogP contribution in [0.4, 0.5) is 4.39 Å². The Hall–Kier alpha value is -2.38. The Morgan fingerprint density at radius 2 is 2.04 bits per heavy atom. The van der Waals surface area contributed by atoms with Crippen LogP contribution < -0.4 is 5.73 Å². The third kappa shape index (κ3) is 2.76. The molecule has 2 aromatic heterocycles. The molecular formula is C17H17FN4OS. The smallest absolute Gasteiger partial charge is 0.198 e. The van der Waals surface area contributed by atoms with Gasteiger partial charge in [-0.3, -0.25) is 9.36 Å². The number of aryl methyl sites for hydroxylation is 2. The summed E-state index contributed by atoms with van der Waals surface area (Å²) >= 11 is 1.47. The van der Waals surface area contributed by atoms with Crippen LogP contribution in [0.15, 0.2) is 30.3 Å². The third-order valence-electron chi connectivity index (χ3n) is 3.75. The minimum absolute atomic E-state index is 0.0548. The van der Waals surface area contributed by atoms with Crippen LogP contribution in [0.3, 0.4) is 0 Å². The Morgan fingerprint density at radius 1 is 1.29 bits per heavy atom. The molecule has 3 aromatic rings. The van der Waals surface area contributed by atoms with E-state index in [0.717, 1.165) is 11.3 Å². The number of hydrogen-bond acceptors (Lipinski definition) is 5. The number of rotatable bonds is 5. The monoisotopic (exact) mass is 344 g/mol. The highest BCUT2D eigenvalue weighted by Crippen LogP contribution is 2.31. The number of thiophene rings is 1. The summed E-state index contributed by atoms with van der Waals surface area (Å²) in [7, 11) is 0. The summed E-state index contributed by atoms with van der Waals surface area (Å²) in [6.07, 6.45) is 0.779. The lowest BCUT2D eigenvalue weighted by Gasteiger charge is -2.08. The SMILES string of the molecule is CCc1cc(C(=O)c2ccccc2F)c(-n2c(C)nnc2CN)s1. The lowest BCUT2D eigenvalue weighted by molar-refractivity contribution is 0.103. The molecule has 0 saturated heterocycles. The van der Waals surface area contributed by atoms with Gasteiger partial charge >= 0.3 is 0 Å². The minimum atomic E-state index is -0.530. The molecule has 0 spiro atoms. The highest BCUT2D eigenvalue weighted by molar-refractivity contribution is 7.15. The van der Waals surface area contributed by atoms with Gasteiger partial charge in [-0.1, -0.05) is 19.1 Å². The van der Waals surface area contributed by atoms with Gasteiger partial charge in [0.1, 0.15) is 16.6 Å². The van der Waals surface area contributed by atoms with Gasteiger partial charge in [-0.25, -0.2) is 4.39 Å². The fraction of sp³-hybridized carbons (Fsp3) is 0.235. The number of ketones is 1. The van der Waals surface area contributed by atoms with E-state index < -0.39 is 5.82 Å². The summed E-state index contributed by atoms with van der Waals surface area (Å²) in [5.74, 6) is 0.328. The maximum Gasteiger partial charge on any atom is 0.198 e. The molecule has 0 bridgehead atoms. The first kappa shape index (κ1) is 16.5. The molecule has 0 atom stereocenters. The molecular weight excluding hydrogens is 327 g/mol. The predicted molar refractivity (Wildman–Crippen MR) is 91.1 cm³/mol. The summed E-state index contributed by atoms with van der Waals surface area (Å²) < 4.78 is 15.8. The van der Waals surface area contributed by atoms with Crippen molar-refractivity contribution in [3.63, 3.8) is 0 Å². The average Bonchev–Trinajstić information content (AvgIpc) is 3.17. The van der Waals surface area contributed by atoms with Crippen molar-refractivity contribution < 1.29 is 9.18 Å². The van der Waals surface area contributed by atoms with E-state index in [9.17, 15) is 9.18 Å². The zero-order valence-corrected chi connectivity index (χ0v) is 14.2. The molecule has 2 N–H and O–H groups in total. The zero-order chi connectivity index (χ0) is 17.3. The molecule has 2 heterocycles. The lowest BCUT2D eigenvalue weighted by atomic mass is 10.0. The van der Waals surface area contributed by atoms with Gasteiger partial charge in [0.15, 0.2) is 11.6 Å². The van der Waals surface area contributed by atoms with E-state index in [0.29, 0.717) is 22.2 Å². The summed E-state index contributed by atoms with van der Waals surface area (Å²) in [4.78, 5) is 13.9. The van der Waals surface area contributed by atoms with Crippen molar-refractivity contribution in [2.45, 2.75) is 26.8 Å². The van der Waals surface area contributed by atoms with E-state index in [4.69, 9.17) is 5.73 Å². The predicted octanol–water partition coefficient (Wildman–Crippen LogP) is 3.03. The van der Waals surface area contributed by atoms with Gasteiger partial charge in [0, 0.05) is 4.88 Å². The quantitative estimate of drug-likeness (QED) is 0.722. The number of hydrogen-bond donors (Lipinski definition) is 1. The largest absolute Gasteiger partial charge is 0.324 e. The molecule has 0 aliphatic heterocycles. The molecule has 3 rings (SSSR count). The highest BCUT2D eigenvalue weighted by Gasteiger charge is 2.23. The molecule has 7 heteroatoms. The van der Waals surface area contributed by atoms with Crippen LogP contribution in [0.2, 0.25) is 0 Å². The number of benzene rings is 1. The van der Waals surface area contributed by atoms with Gasteiger partial charge in [0.05, 0.1) is 17.7 Å². The second-order valence-corrected chi connectivity index (χ2v) is 6.41. The van der Waals surface area contributed by atoms with Gasteiger partial charge in [0.25, 0.3) is 0 Å². The van der Waals surface area contributed by atoms with Crippen molar-refractivity contribution in [2.75, 3.05) is 0 Å². The first-order chi connectivity index (χ1) is 11.6. The number of nitrogens with two attached hydrogens (primary N) is 1. The van der Waals surface area contributed by atoms with Crippen LogP contribution >= 0.6 is 11.3 Å². The zero-order valence-electron chi connectivity index (χ0n) is 13.4. The van der Waals surface area contributed by atoms with Crippen LogP contribution in [0.25, 0.3) is 5.00 Å². The van der Waals surface area contributed by atoms with Crippen molar-refractivity contribution in [3.8, 4) is 5.00 Å². The van der Waals surface area contributed by atoms with Gasteiger partial charge < -0.3 is 5.73 Å². The number of carbonyl (C=O) groups is 1. The van der Waals surface area contributed by atoms with Crippen LogP contribution in [-0.4, -0.2) is 20.5 Å². The average molecular weight is 344 g/mol. The number of carbonyl (C=O) groups excluding carboxylic acids is 1. The Balaban J connectivity index is 2.19. The summed E-state index contributed by atoms with van der Waals surface area (Å²) in [6.45, 7) is 4.01. The van der Waals surface area contributed by atoms with Crippen LogP contribution in [0.1, 0.15) is 39.4 Å². The van der Waals surface area contributed by atoms with Gasteiger partial charge in [-0.2, -0.15) is 0 Å². The maximum atomic E-state index is 14.0. The minimum Gasteiger partial charge on any atom is -0.324 e. The molecule has 0 saturated carbocycles. The fourth-order valence-corrected chi connectivity index (χ4v) is 3.69. The topological polar surface area (TPSA) is 73.8 Å². The molecule has 0 aliphatic carbocycles. The van der Waals surface area contributed by atoms with Gasteiger partial charge in [-0.05, 0) is 31.5 Å². The molecule has 1 aromatic carbocycles. The van der Waals surface area contributed by atoms with E-state index in [-0.39, 0.29) is 17.9 Å². The van der Waals surface area contributed by atoms with Crippen LogP contribution in [0.5, 0.6) is 0 Å². The Morgan fingerprint density at radius 3 is 2.71 bits per heavy atom. The summed E-state index contributed by atoms with van der Waals surface area (Å²) in [5.41, 5.74) is 6.24. The number of halogens is 1. The Labute approximate surface area is 143 Å². The van der Waals surface area contributed by atoms with Crippen LogP contribution in [-0.2, 0) is 13.0 Å². The highest BCUT2D eigenvalue weighted by atomic mass is 32.1. The van der Waals surface area contributed by atoms with Crippen molar-refractivity contribution >= 4 is 17.1 Å². The van der Waals surface area contributed by atoms with E-state index in [1.807, 2.05) is 13.0 Å². The van der Waals surface area contributed by atoms with E-state index in [1.165, 1.54) is 23.5 Å². The van der Waals surface area contributed by atoms with Crippen molar-refractivity contribution in [1.29, 1.82) is 0 Å². The lowest BCUT2D eigenvalue weighted by Crippen LogP contribution is -2.11. The summed E-state index contributed by atoms with van der Waals surface area (Å²) in [5, 5.41) is 8.77. The van der Waals surface area contributed by atoms with E-state index >= 15 is 0 Å². The Bertz CT molecular complexity index is 900. The molecule has 0 radical (unpaired) electrons. The summed E-state index contributed by atoms with van der Waals surface area (Å²) in [6, 6.07) is 7.81. The Kier molecular flexibility index (Phi) is 4.55. The van der Waals surface area contributed by atoms with Crippen molar-refractivity contribution in [2.24, 2.45) is 5.73 Å². The first-order valence-electron chi connectivity index (χ1n) is 7.60. The number of aromatic nitrogens is 3. The van der Waals surface area contributed by atoms with Crippen molar-refractivity contribution in [3.05, 3.63) is 63.8 Å². The molecule has 124 valence electrons. The van der Waals surface area contributed by atoms with E-state index in [2.05, 4.69) is 10.2 Å². The van der Waals surface area contributed by atoms with Gasteiger partial charge in [0.2, 0.25) is 0 Å². The van der Waals surface area contributed by atoms with Crippen molar-refractivity contribution in [1.82, 2.24) is 14.8 Å². The second kappa shape index (κ2) is 6.62. The molecule has 0 aliphatic rings. The van der Waals surface area contributed by atoms with Crippen LogP contribution in [0, 0.1) is 12.7 Å². The normalized spacial score (nSPS) is 11.0. The fourth-order valence-electron chi connectivity index (χ4n) is 2.53.